The molecule has 0 aromatic heterocycles. The van der Waals surface area contributed by atoms with E-state index in [9.17, 15) is 9.18 Å². The molecule has 0 saturated carbocycles. The fourth-order valence-corrected chi connectivity index (χ4v) is 2.13. The van der Waals surface area contributed by atoms with Crippen LogP contribution in [0.15, 0.2) is 18.2 Å². The number of carbonyl (C=O) groups excluding carboxylic acids is 1. The van der Waals surface area contributed by atoms with Gasteiger partial charge < -0.3 is 14.0 Å². The second kappa shape index (κ2) is 5.42. The molecule has 0 unspecified atom stereocenters. The number of rotatable bonds is 3. The molecule has 1 aromatic carbocycles. The van der Waals surface area contributed by atoms with Gasteiger partial charge in [-0.3, -0.25) is 0 Å². The molecule has 1 aliphatic rings. The topological polar surface area (TPSA) is 44.8 Å². The van der Waals surface area contributed by atoms with E-state index in [1.54, 1.807) is 13.0 Å². The number of esters is 1. The van der Waals surface area contributed by atoms with Crippen molar-refractivity contribution in [2.24, 2.45) is 0 Å². The molecule has 0 bridgehead atoms. The van der Waals surface area contributed by atoms with Crippen LogP contribution in [0, 0.1) is 5.82 Å². The van der Waals surface area contributed by atoms with E-state index in [4.69, 9.17) is 14.0 Å². The maximum absolute atomic E-state index is 14.1. The summed E-state index contributed by atoms with van der Waals surface area (Å²) < 4.78 is 30.7. The summed E-state index contributed by atoms with van der Waals surface area (Å²) >= 11 is 0. The molecule has 0 spiro atoms. The van der Waals surface area contributed by atoms with Crippen LogP contribution in [0.25, 0.3) is 0 Å². The van der Waals surface area contributed by atoms with E-state index < -0.39 is 30.1 Å². The summed E-state index contributed by atoms with van der Waals surface area (Å²) in [5.41, 5.74) is -0.892. The number of hydrogen-bond acceptors (Lipinski definition) is 4. The van der Waals surface area contributed by atoms with E-state index in [2.05, 4.69) is 0 Å². The highest BCUT2D eigenvalue weighted by atomic mass is 19.1. The second-order valence-electron chi connectivity index (χ2n) is 6.01. The molecular weight excluding hydrogens is 274 g/mol. The first-order chi connectivity index (χ1) is 9.69. The van der Waals surface area contributed by atoms with Crippen molar-refractivity contribution in [3.8, 4) is 0 Å². The van der Waals surface area contributed by atoms with Crippen LogP contribution in [0.4, 0.5) is 4.39 Å². The average molecular weight is 294 g/mol. The van der Waals surface area contributed by atoms with Crippen LogP contribution in [-0.2, 0) is 14.0 Å². The molecule has 1 aliphatic heterocycles. The molecule has 0 radical (unpaired) electrons. The molecule has 21 heavy (non-hydrogen) atoms. The van der Waals surface area contributed by atoms with Gasteiger partial charge in [0.05, 0.1) is 23.4 Å². The summed E-state index contributed by atoms with van der Waals surface area (Å²) in [6.07, 6.45) is 0. The number of carbonyl (C=O) groups is 1. The highest BCUT2D eigenvalue weighted by Crippen LogP contribution is 2.36. The molecular formula is C15H20BFO4. The Labute approximate surface area is 124 Å². The number of halogens is 1. The van der Waals surface area contributed by atoms with E-state index in [-0.39, 0.29) is 12.2 Å². The van der Waals surface area contributed by atoms with E-state index >= 15 is 0 Å². The molecule has 0 N–H and O–H groups in total. The number of benzene rings is 1. The Balaban J connectivity index is 2.42. The van der Waals surface area contributed by atoms with Gasteiger partial charge in [0.1, 0.15) is 5.82 Å². The lowest BCUT2D eigenvalue weighted by Gasteiger charge is -2.32. The van der Waals surface area contributed by atoms with Crippen LogP contribution in [0.1, 0.15) is 45.0 Å². The Morgan fingerprint density at radius 3 is 2.33 bits per heavy atom. The highest BCUT2D eigenvalue weighted by molar-refractivity contribution is 6.63. The first kappa shape index (κ1) is 16.0. The van der Waals surface area contributed by atoms with E-state index in [0.717, 1.165) is 0 Å². The number of hydrogen-bond donors (Lipinski definition) is 0. The van der Waals surface area contributed by atoms with Crippen LogP contribution in [0.2, 0.25) is 0 Å². The summed E-state index contributed by atoms with van der Waals surface area (Å²) in [4.78, 5) is 12.0. The first-order valence-corrected chi connectivity index (χ1v) is 7.01. The Kier molecular flexibility index (Phi) is 4.13. The molecule has 0 aliphatic carbocycles. The molecule has 1 saturated heterocycles. The second-order valence-corrected chi connectivity index (χ2v) is 6.01. The quantitative estimate of drug-likeness (QED) is 0.634. The van der Waals surface area contributed by atoms with Gasteiger partial charge in [-0.2, -0.15) is 0 Å². The van der Waals surface area contributed by atoms with Gasteiger partial charge in [0.2, 0.25) is 0 Å². The zero-order valence-corrected chi connectivity index (χ0v) is 13.0. The molecule has 0 amide bonds. The third kappa shape index (κ3) is 2.83. The summed E-state index contributed by atoms with van der Waals surface area (Å²) in [6, 6.07) is 4.37. The summed E-state index contributed by atoms with van der Waals surface area (Å²) in [5.74, 6) is -1.35. The van der Waals surface area contributed by atoms with Crippen molar-refractivity contribution in [2.45, 2.75) is 45.8 Å². The maximum Gasteiger partial charge on any atom is 0.495 e. The fraction of sp³-hybridized carbons (Fsp3) is 0.533. The molecule has 1 fully saturated rings. The molecule has 4 nitrogen and oxygen atoms in total. The van der Waals surface area contributed by atoms with Crippen molar-refractivity contribution in [1.29, 1.82) is 0 Å². The fourth-order valence-electron chi connectivity index (χ4n) is 2.13. The minimum atomic E-state index is -0.801. The van der Waals surface area contributed by atoms with Crippen molar-refractivity contribution in [3.05, 3.63) is 29.6 Å². The minimum Gasteiger partial charge on any atom is -0.462 e. The van der Waals surface area contributed by atoms with Crippen molar-refractivity contribution in [2.75, 3.05) is 6.61 Å². The molecule has 114 valence electrons. The SMILES string of the molecule is CCOC(=O)c1c(F)cccc1B1OC(C)(C)C(C)(C)O1. The van der Waals surface area contributed by atoms with Gasteiger partial charge in [0.25, 0.3) is 0 Å². The Hall–Kier alpha value is -1.40. The smallest absolute Gasteiger partial charge is 0.462 e. The van der Waals surface area contributed by atoms with Crippen LogP contribution in [-0.4, -0.2) is 30.9 Å². The Bertz CT molecular complexity index is 541. The van der Waals surface area contributed by atoms with E-state index in [1.807, 2.05) is 27.7 Å². The predicted octanol–water partition coefficient (Wildman–Crippen LogP) is 2.30. The molecule has 1 heterocycles. The van der Waals surface area contributed by atoms with E-state index in [1.165, 1.54) is 12.1 Å². The van der Waals surface area contributed by atoms with Gasteiger partial charge in [-0.25, -0.2) is 9.18 Å². The van der Waals surface area contributed by atoms with Crippen LogP contribution in [0.3, 0.4) is 0 Å². The minimum absolute atomic E-state index is 0.127. The number of ether oxygens (including phenoxy) is 1. The van der Waals surface area contributed by atoms with Crippen molar-refractivity contribution in [3.63, 3.8) is 0 Å². The lowest BCUT2D eigenvalue weighted by molar-refractivity contribution is 0.00578. The summed E-state index contributed by atoms with van der Waals surface area (Å²) in [7, 11) is -0.801. The standard InChI is InChI=1S/C15H20BFO4/c1-6-19-13(18)12-10(8-7-9-11(12)17)16-20-14(2,3)15(4,5)21-16/h7-9H,6H2,1-5H3. The van der Waals surface area contributed by atoms with Gasteiger partial charge in [0.15, 0.2) is 0 Å². The normalized spacial score (nSPS) is 19.6. The average Bonchev–Trinajstić information content (AvgIpc) is 2.58. The van der Waals surface area contributed by atoms with Gasteiger partial charge in [0, 0.05) is 0 Å². The lowest BCUT2D eigenvalue weighted by Crippen LogP contribution is -2.41. The van der Waals surface area contributed by atoms with E-state index in [0.29, 0.717) is 5.46 Å². The van der Waals surface area contributed by atoms with Crippen molar-refractivity contribution < 1.29 is 23.2 Å². The molecule has 2 rings (SSSR count). The van der Waals surface area contributed by atoms with Gasteiger partial charge >= 0.3 is 13.1 Å². The molecule has 1 aromatic rings. The summed E-state index contributed by atoms with van der Waals surface area (Å²) in [6.45, 7) is 9.45. The lowest BCUT2D eigenvalue weighted by atomic mass is 9.75. The highest BCUT2D eigenvalue weighted by Gasteiger charge is 2.52. The molecule has 0 atom stereocenters. The van der Waals surface area contributed by atoms with Crippen molar-refractivity contribution >= 4 is 18.6 Å². The zero-order chi connectivity index (χ0) is 15.8. The van der Waals surface area contributed by atoms with Crippen LogP contribution < -0.4 is 5.46 Å². The largest absolute Gasteiger partial charge is 0.495 e. The monoisotopic (exact) mass is 294 g/mol. The van der Waals surface area contributed by atoms with Crippen molar-refractivity contribution in [1.82, 2.24) is 0 Å². The third-order valence-electron chi connectivity index (χ3n) is 4.03. The first-order valence-electron chi connectivity index (χ1n) is 7.01. The van der Waals surface area contributed by atoms with Crippen LogP contribution >= 0.6 is 0 Å². The maximum atomic E-state index is 14.1. The van der Waals surface area contributed by atoms with Gasteiger partial charge in [-0.05, 0) is 46.1 Å². The van der Waals surface area contributed by atoms with Gasteiger partial charge in [-0.1, -0.05) is 12.1 Å². The van der Waals surface area contributed by atoms with Gasteiger partial charge in [-0.15, -0.1) is 0 Å². The third-order valence-corrected chi connectivity index (χ3v) is 4.03. The Morgan fingerprint density at radius 1 is 1.24 bits per heavy atom. The zero-order valence-electron chi connectivity index (χ0n) is 13.0. The Morgan fingerprint density at radius 2 is 1.81 bits per heavy atom. The van der Waals surface area contributed by atoms with Crippen LogP contribution in [0.5, 0.6) is 0 Å². The summed E-state index contributed by atoms with van der Waals surface area (Å²) in [5, 5.41) is 0. The predicted molar refractivity (Wildman–Crippen MR) is 78.1 cm³/mol. The molecule has 6 heteroatoms.